The van der Waals surface area contributed by atoms with Gasteiger partial charge in [-0.1, -0.05) is 47.6 Å². The van der Waals surface area contributed by atoms with Crippen LogP contribution in [0.5, 0.6) is 0 Å². The molecule has 0 radical (unpaired) electrons. The van der Waals surface area contributed by atoms with E-state index in [0.29, 0.717) is 9.92 Å². The monoisotopic (exact) mass is 264 g/mol. The van der Waals surface area contributed by atoms with Crippen LogP contribution < -0.4 is 0 Å². The summed E-state index contributed by atoms with van der Waals surface area (Å²) in [6.45, 7) is 0. The third kappa shape index (κ3) is 2.81. The minimum absolute atomic E-state index is 0.228. The molecule has 0 amide bonds. The van der Waals surface area contributed by atoms with Crippen LogP contribution in [0.2, 0.25) is 5.02 Å². The van der Waals surface area contributed by atoms with Crippen molar-refractivity contribution in [3.8, 4) is 0 Å². The molecule has 0 saturated carbocycles. The summed E-state index contributed by atoms with van der Waals surface area (Å²) in [5.74, 6) is -0.967. The molecule has 0 aliphatic heterocycles. The van der Waals surface area contributed by atoms with Crippen molar-refractivity contribution in [3.05, 3.63) is 59.1 Å². The minimum atomic E-state index is -0.967. The molecule has 2 nitrogen and oxygen atoms in total. The fraction of sp³-hybridized carbons (Fsp3) is 0. The van der Waals surface area contributed by atoms with Crippen molar-refractivity contribution in [2.45, 2.75) is 9.79 Å². The number of hydrogen-bond acceptors (Lipinski definition) is 2. The van der Waals surface area contributed by atoms with E-state index in [1.54, 1.807) is 18.2 Å². The molecule has 0 fully saturated rings. The fourth-order valence-electron chi connectivity index (χ4n) is 1.39. The van der Waals surface area contributed by atoms with E-state index in [2.05, 4.69) is 0 Å². The molecule has 17 heavy (non-hydrogen) atoms. The first kappa shape index (κ1) is 12.0. The molecule has 1 N–H and O–H groups in total. The Kier molecular flexibility index (Phi) is 3.71. The smallest absolute Gasteiger partial charge is 0.336 e. The second-order valence-corrected chi connectivity index (χ2v) is 4.83. The Balaban J connectivity index is 2.41. The van der Waals surface area contributed by atoms with Gasteiger partial charge in [0.2, 0.25) is 0 Å². The maximum Gasteiger partial charge on any atom is 0.336 e. The minimum Gasteiger partial charge on any atom is -0.478 e. The molecule has 0 spiro atoms. The van der Waals surface area contributed by atoms with E-state index >= 15 is 0 Å². The third-order valence-electron chi connectivity index (χ3n) is 2.16. The highest BCUT2D eigenvalue weighted by molar-refractivity contribution is 7.99. The summed E-state index contributed by atoms with van der Waals surface area (Å²) in [4.78, 5) is 12.6. The van der Waals surface area contributed by atoms with Gasteiger partial charge in [0.1, 0.15) is 0 Å². The van der Waals surface area contributed by atoms with Crippen molar-refractivity contribution >= 4 is 29.3 Å². The summed E-state index contributed by atoms with van der Waals surface area (Å²) in [5.41, 5.74) is 0.228. The lowest BCUT2D eigenvalue weighted by Gasteiger charge is -2.07. The average Bonchev–Trinajstić information content (AvgIpc) is 2.33. The number of benzene rings is 2. The van der Waals surface area contributed by atoms with Crippen molar-refractivity contribution in [1.82, 2.24) is 0 Å². The largest absolute Gasteiger partial charge is 0.478 e. The third-order valence-corrected chi connectivity index (χ3v) is 3.74. The molecule has 2 rings (SSSR count). The van der Waals surface area contributed by atoms with Crippen LogP contribution in [0.15, 0.2) is 58.3 Å². The second kappa shape index (κ2) is 5.25. The van der Waals surface area contributed by atoms with Crippen LogP contribution in [0.4, 0.5) is 0 Å². The zero-order chi connectivity index (χ0) is 12.3. The van der Waals surface area contributed by atoms with Crippen LogP contribution in [0, 0.1) is 0 Å². The normalized spacial score (nSPS) is 10.2. The van der Waals surface area contributed by atoms with Gasteiger partial charge in [0.25, 0.3) is 0 Å². The van der Waals surface area contributed by atoms with Crippen LogP contribution in [-0.2, 0) is 0 Å². The van der Waals surface area contributed by atoms with E-state index in [1.165, 1.54) is 11.8 Å². The number of rotatable bonds is 3. The van der Waals surface area contributed by atoms with E-state index in [-0.39, 0.29) is 5.56 Å². The quantitative estimate of drug-likeness (QED) is 0.903. The number of aromatic carboxylic acids is 1. The number of carbonyl (C=O) groups is 1. The van der Waals surface area contributed by atoms with Gasteiger partial charge in [-0.2, -0.15) is 0 Å². The van der Waals surface area contributed by atoms with Crippen LogP contribution in [0.1, 0.15) is 10.4 Å². The highest BCUT2D eigenvalue weighted by Gasteiger charge is 2.13. The van der Waals surface area contributed by atoms with Crippen molar-refractivity contribution in [1.29, 1.82) is 0 Å². The van der Waals surface area contributed by atoms with Crippen LogP contribution in [0.3, 0.4) is 0 Å². The molecule has 0 heterocycles. The van der Waals surface area contributed by atoms with E-state index < -0.39 is 5.97 Å². The van der Waals surface area contributed by atoms with Gasteiger partial charge in [0, 0.05) is 9.79 Å². The molecule has 0 atom stereocenters. The zero-order valence-corrected chi connectivity index (χ0v) is 10.3. The van der Waals surface area contributed by atoms with Gasteiger partial charge in [0.05, 0.1) is 10.6 Å². The van der Waals surface area contributed by atoms with Crippen LogP contribution in [-0.4, -0.2) is 11.1 Å². The van der Waals surface area contributed by atoms with E-state index in [1.807, 2.05) is 30.3 Å². The summed E-state index contributed by atoms with van der Waals surface area (Å²) in [6.07, 6.45) is 0. The van der Waals surface area contributed by atoms with Gasteiger partial charge in [-0.05, 0) is 24.3 Å². The van der Waals surface area contributed by atoms with Gasteiger partial charge in [-0.15, -0.1) is 0 Å². The van der Waals surface area contributed by atoms with Crippen LogP contribution in [0.25, 0.3) is 0 Å². The Bertz CT molecular complexity index is 540. The summed E-state index contributed by atoms with van der Waals surface area (Å²) in [6, 6.07) is 14.4. The molecule has 0 aliphatic rings. The van der Waals surface area contributed by atoms with E-state index in [9.17, 15) is 4.79 Å². The molecule has 4 heteroatoms. The number of carboxylic acids is 1. The predicted molar refractivity (Wildman–Crippen MR) is 69.0 cm³/mol. The standard InChI is InChI=1S/C13H9ClO2S/c14-11-8-4-7-10(13(15)16)12(11)17-9-5-2-1-3-6-9/h1-8H,(H,15,16). The summed E-state index contributed by atoms with van der Waals surface area (Å²) < 4.78 is 0. The molecule has 0 aromatic heterocycles. The Hall–Kier alpha value is -1.45. The van der Waals surface area contributed by atoms with Gasteiger partial charge >= 0.3 is 5.97 Å². The van der Waals surface area contributed by atoms with E-state index in [4.69, 9.17) is 16.7 Å². The first-order valence-electron chi connectivity index (χ1n) is 4.93. The van der Waals surface area contributed by atoms with Gasteiger partial charge < -0.3 is 5.11 Å². The maximum atomic E-state index is 11.1. The Morgan fingerprint density at radius 1 is 1.06 bits per heavy atom. The van der Waals surface area contributed by atoms with Crippen molar-refractivity contribution in [3.63, 3.8) is 0 Å². The molecular weight excluding hydrogens is 256 g/mol. The summed E-state index contributed by atoms with van der Waals surface area (Å²) in [7, 11) is 0. The molecule has 0 saturated heterocycles. The van der Waals surface area contributed by atoms with Gasteiger partial charge in [0.15, 0.2) is 0 Å². The van der Waals surface area contributed by atoms with Gasteiger partial charge in [-0.3, -0.25) is 0 Å². The van der Waals surface area contributed by atoms with Gasteiger partial charge in [-0.25, -0.2) is 4.79 Å². The molecule has 0 bridgehead atoms. The second-order valence-electron chi connectivity index (χ2n) is 3.34. The lowest BCUT2D eigenvalue weighted by atomic mass is 10.2. The lowest BCUT2D eigenvalue weighted by Crippen LogP contribution is -1.98. The van der Waals surface area contributed by atoms with Crippen molar-refractivity contribution < 1.29 is 9.90 Å². The Morgan fingerprint density at radius 2 is 1.76 bits per heavy atom. The van der Waals surface area contributed by atoms with Crippen molar-refractivity contribution in [2.24, 2.45) is 0 Å². The van der Waals surface area contributed by atoms with Crippen molar-refractivity contribution in [2.75, 3.05) is 0 Å². The number of carboxylic acid groups (broad SMARTS) is 1. The first-order chi connectivity index (χ1) is 8.18. The fourth-order valence-corrected chi connectivity index (χ4v) is 2.64. The summed E-state index contributed by atoms with van der Waals surface area (Å²) >= 11 is 7.40. The average molecular weight is 265 g/mol. The first-order valence-corrected chi connectivity index (χ1v) is 6.12. The highest BCUT2D eigenvalue weighted by atomic mass is 35.5. The zero-order valence-electron chi connectivity index (χ0n) is 8.76. The molecule has 2 aromatic rings. The molecule has 0 aliphatic carbocycles. The summed E-state index contributed by atoms with van der Waals surface area (Å²) in [5, 5.41) is 9.55. The molecule has 2 aromatic carbocycles. The Labute approximate surface area is 108 Å². The number of halogens is 1. The van der Waals surface area contributed by atoms with Crippen LogP contribution >= 0.6 is 23.4 Å². The topological polar surface area (TPSA) is 37.3 Å². The lowest BCUT2D eigenvalue weighted by molar-refractivity contribution is 0.0693. The highest BCUT2D eigenvalue weighted by Crippen LogP contribution is 2.35. The molecule has 0 unspecified atom stereocenters. The predicted octanol–water partition coefficient (Wildman–Crippen LogP) is 4.19. The number of hydrogen-bond donors (Lipinski definition) is 1. The maximum absolute atomic E-state index is 11.1. The molecular formula is C13H9ClO2S. The van der Waals surface area contributed by atoms with E-state index in [0.717, 1.165) is 4.90 Å². The Morgan fingerprint density at radius 3 is 2.41 bits per heavy atom. The molecule has 86 valence electrons. The SMILES string of the molecule is O=C(O)c1cccc(Cl)c1Sc1ccccc1.